The number of H-pyrrole nitrogens is 1. The van der Waals surface area contributed by atoms with Crippen molar-refractivity contribution in [2.24, 2.45) is 0 Å². The molecule has 0 saturated heterocycles. The van der Waals surface area contributed by atoms with Crippen molar-refractivity contribution in [1.29, 1.82) is 0 Å². The van der Waals surface area contributed by atoms with Gasteiger partial charge in [0.2, 0.25) is 10.0 Å². The van der Waals surface area contributed by atoms with Gasteiger partial charge in [-0.2, -0.15) is 0 Å². The van der Waals surface area contributed by atoms with Gasteiger partial charge in [-0.15, -0.1) is 0 Å². The Labute approximate surface area is 191 Å². The second-order valence-corrected chi connectivity index (χ2v) is 9.95. The average molecular weight is 466 g/mol. The van der Waals surface area contributed by atoms with Crippen LogP contribution in [-0.4, -0.2) is 34.0 Å². The molecule has 7 nitrogen and oxygen atoms in total. The molecule has 0 amide bonds. The summed E-state index contributed by atoms with van der Waals surface area (Å²) in [6, 6.07) is 10.4. The quantitative estimate of drug-likeness (QED) is 0.429. The molecule has 2 N–H and O–H groups in total. The van der Waals surface area contributed by atoms with Crippen molar-refractivity contribution in [3.63, 3.8) is 0 Å². The van der Waals surface area contributed by atoms with Crippen molar-refractivity contribution < 1.29 is 12.8 Å². The fraction of sp³-hybridized carbons (Fsp3) is 0.250. The van der Waals surface area contributed by atoms with E-state index in [1.54, 1.807) is 18.3 Å². The SMILES string of the molecule is C=CS(=O)(=O)NC1CCC(n2cnc(-c3ccc(F)cc3)c2-c2ccnc3[nH]ccc23)CC1. The Bertz CT molecular complexity index is 1400. The number of nitrogens with zero attached hydrogens (tertiary/aromatic N) is 3. The zero-order valence-electron chi connectivity index (χ0n) is 17.9. The molecule has 33 heavy (non-hydrogen) atoms. The molecule has 0 atom stereocenters. The molecule has 1 aliphatic carbocycles. The second-order valence-electron chi connectivity index (χ2n) is 8.29. The van der Waals surface area contributed by atoms with Crippen molar-refractivity contribution in [3.05, 3.63) is 72.9 Å². The van der Waals surface area contributed by atoms with Crippen molar-refractivity contribution in [2.45, 2.75) is 37.8 Å². The number of benzene rings is 1. The summed E-state index contributed by atoms with van der Waals surface area (Å²) in [5.74, 6) is -0.294. The molecule has 1 aromatic carbocycles. The van der Waals surface area contributed by atoms with Crippen LogP contribution in [0.3, 0.4) is 0 Å². The summed E-state index contributed by atoms with van der Waals surface area (Å²) in [5, 5.41) is 1.93. The van der Waals surface area contributed by atoms with Crippen LogP contribution in [-0.2, 0) is 10.0 Å². The maximum absolute atomic E-state index is 13.6. The minimum Gasteiger partial charge on any atom is -0.346 e. The van der Waals surface area contributed by atoms with Crippen molar-refractivity contribution in [2.75, 3.05) is 0 Å². The third kappa shape index (κ3) is 4.21. The van der Waals surface area contributed by atoms with E-state index in [9.17, 15) is 12.8 Å². The van der Waals surface area contributed by atoms with Gasteiger partial charge in [-0.1, -0.05) is 6.58 Å². The van der Waals surface area contributed by atoms with E-state index >= 15 is 0 Å². The molecule has 170 valence electrons. The van der Waals surface area contributed by atoms with Gasteiger partial charge in [0.15, 0.2) is 0 Å². The van der Waals surface area contributed by atoms with E-state index in [0.29, 0.717) is 0 Å². The Morgan fingerprint density at radius 3 is 2.58 bits per heavy atom. The van der Waals surface area contributed by atoms with Crippen LogP contribution in [0.4, 0.5) is 4.39 Å². The number of hydrogen-bond donors (Lipinski definition) is 2. The highest BCUT2D eigenvalue weighted by atomic mass is 32.2. The molecule has 0 spiro atoms. The molecule has 3 aromatic heterocycles. The van der Waals surface area contributed by atoms with Crippen molar-refractivity contribution in [3.8, 4) is 22.5 Å². The molecule has 0 aliphatic heterocycles. The van der Waals surface area contributed by atoms with E-state index in [1.807, 2.05) is 24.7 Å². The van der Waals surface area contributed by atoms with Gasteiger partial charge in [0, 0.05) is 46.4 Å². The third-order valence-electron chi connectivity index (χ3n) is 6.27. The van der Waals surface area contributed by atoms with E-state index < -0.39 is 10.0 Å². The van der Waals surface area contributed by atoms with Crippen LogP contribution in [0.25, 0.3) is 33.5 Å². The van der Waals surface area contributed by atoms with Crippen LogP contribution in [0.2, 0.25) is 0 Å². The molecule has 0 radical (unpaired) electrons. The topological polar surface area (TPSA) is 92.7 Å². The lowest BCUT2D eigenvalue weighted by atomic mass is 9.91. The highest BCUT2D eigenvalue weighted by molar-refractivity contribution is 7.92. The summed E-state index contributed by atoms with van der Waals surface area (Å²) >= 11 is 0. The zero-order chi connectivity index (χ0) is 23.0. The molecule has 4 aromatic rings. The van der Waals surface area contributed by atoms with Gasteiger partial charge in [0.05, 0.1) is 17.7 Å². The fourth-order valence-electron chi connectivity index (χ4n) is 4.64. The van der Waals surface area contributed by atoms with E-state index in [2.05, 4.69) is 25.8 Å². The summed E-state index contributed by atoms with van der Waals surface area (Å²) < 4.78 is 42.2. The first kappa shape index (κ1) is 21.5. The zero-order valence-corrected chi connectivity index (χ0v) is 18.7. The number of sulfonamides is 1. The standard InChI is InChI=1S/C24H24FN5O2S/c1-2-33(31,32)29-18-7-9-19(10-8-18)30-15-28-22(16-3-5-17(25)6-4-16)23(30)20-11-13-26-24-21(20)12-14-27-24/h2-6,11-15,18-19,29H,1,7-10H2,(H,26,27). The van der Waals surface area contributed by atoms with Gasteiger partial charge in [0.1, 0.15) is 11.5 Å². The van der Waals surface area contributed by atoms with Crippen LogP contribution in [0.15, 0.2) is 67.1 Å². The predicted octanol–water partition coefficient (Wildman–Crippen LogP) is 4.78. The van der Waals surface area contributed by atoms with Gasteiger partial charge in [0.25, 0.3) is 0 Å². The smallest absolute Gasteiger partial charge is 0.233 e. The van der Waals surface area contributed by atoms with E-state index in [1.165, 1.54) is 12.1 Å². The Balaban J connectivity index is 1.54. The summed E-state index contributed by atoms with van der Waals surface area (Å²) in [6.45, 7) is 3.37. The highest BCUT2D eigenvalue weighted by Gasteiger charge is 2.28. The van der Waals surface area contributed by atoms with Gasteiger partial charge >= 0.3 is 0 Å². The Hall–Kier alpha value is -3.30. The van der Waals surface area contributed by atoms with Crippen LogP contribution >= 0.6 is 0 Å². The number of pyridine rings is 1. The lowest BCUT2D eigenvalue weighted by molar-refractivity contribution is 0.313. The largest absolute Gasteiger partial charge is 0.346 e. The fourth-order valence-corrected chi connectivity index (χ4v) is 5.44. The first-order valence-corrected chi connectivity index (χ1v) is 12.4. The molecular weight excluding hydrogens is 441 g/mol. The maximum atomic E-state index is 13.6. The Morgan fingerprint density at radius 1 is 1.09 bits per heavy atom. The number of aromatic amines is 1. The minimum atomic E-state index is -3.45. The molecule has 1 aliphatic rings. The van der Waals surface area contributed by atoms with Crippen LogP contribution < -0.4 is 4.72 Å². The predicted molar refractivity (Wildman–Crippen MR) is 126 cm³/mol. The molecule has 0 unspecified atom stereocenters. The lowest BCUT2D eigenvalue weighted by Crippen LogP contribution is -2.36. The molecular formula is C24H24FN5O2S. The second kappa shape index (κ2) is 8.57. The number of fused-ring (bicyclic) bond motifs is 1. The molecule has 5 rings (SSSR count). The van der Waals surface area contributed by atoms with Gasteiger partial charge in [-0.25, -0.2) is 27.5 Å². The summed E-state index contributed by atoms with van der Waals surface area (Å²) in [7, 11) is -3.45. The average Bonchev–Trinajstić information content (AvgIpc) is 3.47. The lowest BCUT2D eigenvalue weighted by Gasteiger charge is -2.30. The van der Waals surface area contributed by atoms with Gasteiger partial charge in [-0.3, -0.25) is 0 Å². The van der Waals surface area contributed by atoms with Crippen molar-refractivity contribution >= 4 is 21.1 Å². The number of hydrogen-bond acceptors (Lipinski definition) is 4. The summed E-state index contributed by atoms with van der Waals surface area (Å²) in [4.78, 5) is 12.3. The first-order chi connectivity index (χ1) is 15.9. The van der Waals surface area contributed by atoms with Crippen molar-refractivity contribution in [1.82, 2.24) is 24.2 Å². The normalized spacial score (nSPS) is 19.1. The van der Waals surface area contributed by atoms with E-state index in [-0.39, 0.29) is 17.9 Å². The molecule has 1 fully saturated rings. The molecule has 9 heteroatoms. The monoisotopic (exact) mass is 465 g/mol. The number of nitrogens with one attached hydrogen (secondary N) is 2. The highest BCUT2D eigenvalue weighted by Crippen LogP contribution is 2.39. The van der Waals surface area contributed by atoms with Crippen LogP contribution in [0.1, 0.15) is 31.7 Å². The summed E-state index contributed by atoms with van der Waals surface area (Å²) in [5.41, 5.74) is 4.33. The van der Waals surface area contributed by atoms with Gasteiger partial charge < -0.3 is 9.55 Å². The maximum Gasteiger partial charge on any atom is 0.233 e. The number of aromatic nitrogens is 4. The number of rotatable bonds is 6. The summed E-state index contributed by atoms with van der Waals surface area (Å²) in [6.07, 6.45) is 8.51. The Morgan fingerprint density at radius 2 is 1.85 bits per heavy atom. The number of imidazole rings is 1. The van der Waals surface area contributed by atoms with Crippen LogP contribution in [0, 0.1) is 5.82 Å². The number of halogens is 1. The first-order valence-electron chi connectivity index (χ1n) is 10.8. The van der Waals surface area contributed by atoms with Crippen LogP contribution in [0.5, 0.6) is 0 Å². The van der Waals surface area contributed by atoms with E-state index in [4.69, 9.17) is 4.98 Å². The third-order valence-corrected chi connectivity index (χ3v) is 7.37. The van der Waals surface area contributed by atoms with E-state index in [0.717, 1.165) is 64.6 Å². The minimum absolute atomic E-state index is 0.106. The molecule has 3 heterocycles. The molecule has 1 saturated carbocycles. The van der Waals surface area contributed by atoms with Gasteiger partial charge in [-0.05, 0) is 62.1 Å². The molecule has 0 bridgehead atoms. The Kier molecular flexibility index (Phi) is 5.59.